The van der Waals surface area contributed by atoms with Crippen molar-refractivity contribution < 1.29 is 19.4 Å². The number of anilines is 1. The highest BCUT2D eigenvalue weighted by Gasteiger charge is 2.47. The Labute approximate surface area is 238 Å². The molecule has 210 valence electrons. The van der Waals surface area contributed by atoms with Crippen LogP contribution in [0.15, 0.2) is 61.1 Å². The molecule has 41 heavy (non-hydrogen) atoms. The largest absolute Gasteiger partial charge is 0.497 e. The molecule has 3 fully saturated rings. The van der Waals surface area contributed by atoms with E-state index in [2.05, 4.69) is 16.1 Å². The zero-order valence-electron chi connectivity index (χ0n) is 23.3. The van der Waals surface area contributed by atoms with E-state index in [0.717, 1.165) is 47.8 Å². The van der Waals surface area contributed by atoms with Crippen LogP contribution in [0.25, 0.3) is 16.6 Å². The van der Waals surface area contributed by atoms with Gasteiger partial charge in [-0.05, 0) is 56.2 Å². The number of aromatic nitrogens is 3. The van der Waals surface area contributed by atoms with Gasteiger partial charge in [-0.3, -0.25) is 4.79 Å². The van der Waals surface area contributed by atoms with Crippen molar-refractivity contribution in [2.24, 2.45) is 0 Å². The Kier molecular flexibility index (Phi) is 6.75. The third kappa shape index (κ3) is 5.28. The van der Waals surface area contributed by atoms with Crippen molar-refractivity contribution >= 4 is 17.2 Å². The predicted octanol–water partition coefficient (Wildman–Crippen LogP) is 3.46. The summed E-state index contributed by atoms with van der Waals surface area (Å²) in [5.41, 5.74) is 2.70. The standard InChI is InChI=1S/C31H32N6O4/c1-31(2,39)19-41-26-12-27(30-22(13-32)15-34-36(30)18-26)21-6-9-28(33-14-21)35-16-23-11-24(17-35)37(23)29(38)10-20-4-7-25(40-3)8-5-20/h4-9,12,14-15,18,23-24,39H,10-11,16-17,19H2,1-3H3. The van der Waals surface area contributed by atoms with E-state index in [9.17, 15) is 15.2 Å². The van der Waals surface area contributed by atoms with E-state index in [1.54, 1.807) is 37.9 Å². The second-order valence-electron chi connectivity index (χ2n) is 11.3. The van der Waals surface area contributed by atoms with Gasteiger partial charge in [0.2, 0.25) is 5.91 Å². The van der Waals surface area contributed by atoms with Crippen molar-refractivity contribution in [3.05, 3.63) is 72.2 Å². The highest BCUT2D eigenvalue weighted by atomic mass is 16.5. The molecule has 2 unspecified atom stereocenters. The molecule has 2 atom stereocenters. The molecular formula is C31H32N6O4. The molecule has 3 aromatic heterocycles. The molecule has 3 aliphatic heterocycles. The van der Waals surface area contributed by atoms with E-state index >= 15 is 0 Å². The van der Waals surface area contributed by atoms with Gasteiger partial charge < -0.3 is 24.4 Å². The van der Waals surface area contributed by atoms with E-state index in [0.29, 0.717) is 23.3 Å². The Balaban J connectivity index is 1.17. The first-order valence-electron chi connectivity index (χ1n) is 13.6. The number of fused-ring (bicyclic) bond motifs is 3. The van der Waals surface area contributed by atoms with Gasteiger partial charge in [0.25, 0.3) is 0 Å². The normalized spacial score (nSPS) is 18.1. The van der Waals surface area contributed by atoms with Crippen LogP contribution in [0.1, 0.15) is 31.4 Å². The van der Waals surface area contributed by atoms with Gasteiger partial charge in [0.05, 0.1) is 54.7 Å². The van der Waals surface area contributed by atoms with Gasteiger partial charge in [-0.15, -0.1) is 0 Å². The molecule has 0 radical (unpaired) electrons. The molecule has 0 aliphatic carbocycles. The number of benzene rings is 1. The molecule has 7 rings (SSSR count). The first-order chi connectivity index (χ1) is 19.7. The predicted molar refractivity (Wildman–Crippen MR) is 153 cm³/mol. The number of amides is 1. The molecule has 3 saturated heterocycles. The number of nitriles is 1. The Morgan fingerprint density at radius 1 is 1.12 bits per heavy atom. The Morgan fingerprint density at radius 3 is 2.51 bits per heavy atom. The third-order valence-corrected chi connectivity index (χ3v) is 7.68. The summed E-state index contributed by atoms with van der Waals surface area (Å²) in [4.78, 5) is 22.1. The van der Waals surface area contributed by atoms with E-state index in [4.69, 9.17) is 14.5 Å². The third-order valence-electron chi connectivity index (χ3n) is 7.68. The summed E-state index contributed by atoms with van der Waals surface area (Å²) < 4.78 is 12.7. The van der Waals surface area contributed by atoms with Gasteiger partial charge in [0.1, 0.15) is 30.0 Å². The number of nitrogens with zero attached hydrogens (tertiary/aromatic N) is 6. The van der Waals surface area contributed by atoms with Crippen molar-refractivity contribution in [2.75, 3.05) is 31.7 Å². The smallest absolute Gasteiger partial charge is 0.227 e. The highest BCUT2D eigenvalue weighted by molar-refractivity contribution is 5.85. The van der Waals surface area contributed by atoms with E-state index < -0.39 is 5.60 Å². The average Bonchev–Trinajstić information content (AvgIpc) is 3.39. The van der Waals surface area contributed by atoms with Crippen molar-refractivity contribution in [2.45, 2.75) is 44.4 Å². The minimum Gasteiger partial charge on any atom is -0.497 e. The number of piperidine rings is 1. The number of pyridine rings is 2. The molecule has 1 amide bonds. The van der Waals surface area contributed by atoms with Gasteiger partial charge in [0, 0.05) is 30.4 Å². The lowest BCUT2D eigenvalue weighted by Crippen LogP contribution is -2.70. The van der Waals surface area contributed by atoms with E-state index in [-0.39, 0.29) is 24.6 Å². The van der Waals surface area contributed by atoms with Crippen LogP contribution in [-0.2, 0) is 11.2 Å². The zero-order valence-corrected chi connectivity index (χ0v) is 23.3. The SMILES string of the molecule is COc1ccc(CC(=O)N2C3CC2CN(c2ccc(-c4cc(OCC(C)(C)O)cn5ncc(C#N)c45)cn2)C3)cc1. The van der Waals surface area contributed by atoms with Crippen molar-refractivity contribution in [1.82, 2.24) is 19.5 Å². The van der Waals surface area contributed by atoms with Gasteiger partial charge in [-0.25, -0.2) is 9.50 Å². The summed E-state index contributed by atoms with van der Waals surface area (Å²) in [6.45, 7) is 4.94. The Morgan fingerprint density at radius 2 is 1.88 bits per heavy atom. The fraction of sp³-hybridized carbons (Fsp3) is 0.355. The molecule has 10 heteroatoms. The maximum Gasteiger partial charge on any atom is 0.227 e. The number of ether oxygens (including phenoxy) is 2. The number of aliphatic hydroxyl groups is 1. The van der Waals surface area contributed by atoms with Crippen LogP contribution < -0.4 is 14.4 Å². The summed E-state index contributed by atoms with van der Waals surface area (Å²) in [5, 5.41) is 24.1. The molecular weight excluding hydrogens is 520 g/mol. The van der Waals surface area contributed by atoms with Crippen molar-refractivity contribution in [3.8, 4) is 28.7 Å². The molecule has 1 N–H and O–H groups in total. The van der Waals surface area contributed by atoms with Crippen LogP contribution in [0.5, 0.6) is 11.5 Å². The number of hydrogen-bond acceptors (Lipinski definition) is 8. The Bertz CT molecular complexity index is 1610. The number of carbonyl (C=O) groups excluding carboxylic acids is 1. The minimum absolute atomic E-state index is 0.110. The van der Waals surface area contributed by atoms with Crippen LogP contribution in [-0.4, -0.2) is 75.0 Å². The van der Waals surface area contributed by atoms with Crippen LogP contribution in [0.4, 0.5) is 5.82 Å². The number of methoxy groups -OCH3 is 1. The first kappa shape index (κ1) is 26.6. The van der Waals surface area contributed by atoms with Crippen LogP contribution >= 0.6 is 0 Å². The summed E-state index contributed by atoms with van der Waals surface area (Å²) in [6.07, 6.45) is 6.43. The van der Waals surface area contributed by atoms with Gasteiger partial charge >= 0.3 is 0 Å². The molecule has 3 aliphatic rings. The number of rotatable bonds is 8. The molecule has 10 nitrogen and oxygen atoms in total. The van der Waals surface area contributed by atoms with Crippen LogP contribution in [0.3, 0.4) is 0 Å². The quantitative estimate of drug-likeness (QED) is 0.353. The summed E-state index contributed by atoms with van der Waals surface area (Å²) >= 11 is 0. The Hall–Kier alpha value is -4.62. The molecule has 1 aromatic carbocycles. The maximum absolute atomic E-state index is 13.1. The second-order valence-corrected chi connectivity index (χ2v) is 11.3. The number of carbonyl (C=O) groups is 1. The second kappa shape index (κ2) is 10.4. The zero-order chi connectivity index (χ0) is 28.7. The first-order valence-corrected chi connectivity index (χ1v) is 13.6. The monoisotopic (exact) mass is 552 g/mol. The summed E-state index contributed by atoms with van der Waals surface area (Å²) in [5.74, 6) is 2.32. The van der Waals surface area contributed by atoms with E-state index in [1.165, 1.54) is 6.20 Å². The lowest BCUT2D eigenvalue weighted by molar-refractivity contribution is -0.145. The van der Waals surface area contributed by atoms with Gasteiger partial charge in [0.15, 0.2) is 0 Å². The van der Waals surface area contributed by atoms with Crippen molar-refractivity contribution in [1.29, 1.82) is 5.26 Å². The fourth-order valence-electron chi connectivity index (χ4n) is 5.68. The number of hydrogen-bond donors (Lipinski definition) is 1. The van der Waals surface area contributed by atoms with Crippen LogP contribution in [0.2, 0.25) is 0 Å². The summed E-state index contributed by atoms with van der Waals surface area (Å²) in [7, 11) is 1.63. The molecule has 6 heterocycles. The molecule has 2 bridgehead atoms. The fourth-order valence-corrected chi connectivity index (χ4v) is 5.68. The lowest BCUT2D eigenvalue weighted by Gasteiger charge is -2.56. The summed E-state index contributed by atoms with van der Waals surface area (Å²) in [6, 6.07) is 16.0. The van der Waals surface area contributed by atoms with Gasteiger partial charge in [-0.1, -0.05) is 12.1 Å². The van der Waals surface area contributed by atoms with Crippen molar-refractivity contribution in [3.63, 3.8) is 0 Å². The van der Waals surface area contributed by atoms with Crippen LogP contribution in [0, 0.1) is 11.3 Å². The highest BCUT2D eigenvalue weighted by Crippen LogP contribution is 2.36. The van der Waals surface area contributed by atoms with E-state index in [1.807, 2.05) is 47.4 Å². The van der Waals surface area contributed by atoms with Gasteiger partial charge in [-0.2, -0.15) is 10.4 Å². The maximum atomic E-state index is 13.1. The molecule has 0 spiro atoms. The lowest BCUT2D eigenvalue weighted by atomic mass is 9.86. The topological polar surface area (TPSA) is 116 Å². The molecule has 4 aromatic rings. The number of piperazine rings is 1. The minimum atomic E-state index is -0.995. The average molecular weight is 553 g/mol. The molecule has 0 saturated carbocycles.